The highest BCUT2D eigenvalue weighted by Crippen LogP contribution is 2.45. The van der Waals surface area contributed by atoms with E-state index in [-0.39, 0.29) is 5.85 Å². The monoisotopic (exact) mass is 260 g/mol. The van der Waals surface area contributed by atoms with Gasteiger partial charge < -0.3 is 4.90 Å². The Labute approximate surface area is 116 Å². The molecular weight excluding hydrogens is 238 g/mol. The zero-order valence-electron chi connectivity index (χ0n) is 12.1. The van der Waals surface area contributed by atoms with E-state index in [2.05, 4.69) is 43.0 Å². The lowest BCUT2D eigenvalue weighted by Crippen LogP contribution is -2.17. The molecule has 0 spiro atoms. The number of para-hydroxylation sites is 1. The number of thioether (sulfide) groups is 1. The van der Waals surface area contributed by atoms with E-state index in [0.29, 0.717) is 5.92 Å². The summed E-state index contributed by atoms with van der Waals surface area (Å²) in [6.45, 7) is 4.33. The molecule has 18 heavy (non-hydrogen) atoms. The van der Waals surface area contributed by atoms with Gasteiger partial charge in [-0.1, -0.05) is 31.0 Å². The Kier molecular flexibility index (Phi) is 3.05. The molecule has 2 aliphatic rings. The van der Waals surface area contributed by atoms with Crippen molar-refractivity contribution in [1.82, 2.24) is 0 Å². The molecule has 1 fully saturated rings. The molecule has 1 nitrogen and oxygen atoms in total. The Hall–Kier alpha value is -0.890. The van der Waals surface area contributed by atoms with E-state index in [1.54, 1.807) is 11.8 Å². The van der Waals surface area contributed by atoms with E-state index in [1.807, 2.05) is 0 Å². The van der Waals surface area contributed by atoms with Crippen molar-refractivity contribution in [3.63, 3.8) is 0 Å². The van der Waals surface area contributed by atoms with Crippen LogP contribution in [0.3, 0.4) is 0 Å². The van der Waals surface area contributed by atoms with Crippen molar-refractivity contribution in [2.75, 3.05) is 10.8 Å². The number of allylic oxidation sites excluding steroid dienone is 2. The van der Waals surface area contributed by atoms with E-state index in [1.165, 1.54) is 47.5 Å². The fourth-order valence-corrected chi connectivity index (χ4v) is 4.23. The standard InChI is InChI=1S/C16H21NS/c1-12-7-3-6-10-15(12)17-11-18-16(13(17)2)14-8-4-5-9-14/h3,6-7,10,14H,4-5,8-9,11H2,1-2H3/i11D. The molecule has 1 atom stereocenters. The van der Waals surface area contributed by atoms with Crippen molar-refractivity contribution >= 4 is 17.4 Å². The summed E-state index contributed by atoms with van der Waals surface area (Å²) in [7, 11) is 0. The number of aryl methyl sites for hydroxylation is 1. The molecule has 0 aromatic heterocycles. The summed E-state index contributed by atoms with van der Waals surface area (Å²) in [5.74, 6) is 0.503. The number of benzene rings is 1. The largest absolute Gasteiger partial charge is 0.334 e. The number of rotatable bonds is 2. The van der Waals surface area contributed by atoms with Gasteiger partial charge >= 0.3 is 0 Å². The first-order valence-corrected chi connectivity index (χ1v) is 7.71. The van der Waals surface area contributed by atoms with Crippen LogP contribution >= 0.6 is 11.8 Å². The van der Waals surface area contributed by atoms with Crippen LogP contribution in [0.4, 0.5) is 5.69 Å². The summed E-state index contributed by atoms with van der Waals surface area (Å²) >= 11 is 1.75. The van der Waals surface area contributed by atoms with Crippen LogP contribution in [0.2, 0.25) is 0 Å². The minimum absolute atomic E-state index is 0.211. The summed E-state index contributed by atoms with van der Waals surface area (Å²) in [5, 5.41) is 0. The fraction of sp³-hybridized carbons (Fsp3) is 0.500. The topological polar surface area (TPSA) is 3.24 Å². The third-order valence-corrected chi connectivity index (χ3v) is 5.30. The number of hydrogen-bond donors (Lipinski definition) is 0. The summed E-state index contributed by atoms with van der Waals surface area (Å²) in [4.78, 5) is 3.67. The quantitative estimate of drug-likeness (QED) is 0.742. The maximum absolute atomic E-state index is 8.40. The molecular formula is C16H21NS. The van der Waals surface area contributed by atoms with E-state index >= 15 is 0 Å². The predicted octanol–water partition coefficient (Wildman–Crippen LogP) is 4.93. The minimum atomic E-state index is -0.211. The zero-order chi connectivity index (χ0) is 13.4. The highest BCUT2D eigenvalue weighted by atomic mass is 32.2. The summed E-state index contributed by atoms with van der Waals surface area (Å²) in [6.07, 6.45) is 5.34. The molecule has 0 bridgehead atoms. The van der Waals surface area contributed by atoms with Crippen LogP contribution in [0.1, 0.15) is 39.5 Å². The van der Waals surface area contributed by atoms with Gasteiger partial charge in [0.15, 0.2) is 0 Å². The van der Waals surface area contributed by atoms with Crippen LogP contribution in [-0.2, 0) is 0 Å². The van der Waals surface area contributed by atoms with E-state index in [9.17, 15) is 0 Å². The van der Waals surface area contributed by atoms with Gasteiger partial charge in [0.25, 0.3) is 0 Å². The van der Waals surface area contributed by atoms with E-state index in [0.717, 1.165) is 0 Å². The Morgan fingerprint density at radius 3 is 2.67 bits per heavy atom. The van der Waals surface area contributed by atoms with Gasteiger partial charge in [-0.3, -0.25) is 0 Å². The van der Waals surface area contributed by atoms with Gasteiger partial charge in [0.1, 0.15) is 0 Å². The molecule has 1 aromatic rings. The van der Waals surface area contributed by atoms with Gasteiger partial charge in [-0.15, -0.1) is 11.8 Å². The molecule has 96 valence electrons. The first-order valence-electron chi connectivity index (χ1n) is 7.41. The summed E-state index contributed by atoms with van der Waals surface area (Å²) in [6, 6.07) is 8.41. The molecule has 1 saturated carbocycles. The number of anilines is 1. The second-order valence-corrected chi connectivity index (χ2v) is 6.20. The summed E-state index contributed by atoms with van der Waals surface area (Å²) in [5.41, 5.74) is 3.76. The van der Waals surface area contributed by atoms with Crippen molar-refractivity contribution in [3.05, 3.63) is 40.4 Å². The first-order chi connectivity index (χ1) is 9.18. The lowest BCUT2D eigenvalue weighted by Gasteiger charge is -2.22. The third kappa shape index (κ3) is 2.07. The van der Waals surface area contributed by atoms with Gasteiger partial charge in [0.2, 0.25) is 0 Å². The minimum Gasteiger partial charge on any atom is -0.334 e. The Morgan fingerprint density at radius 2 is 1.94 bits per heavy atom. The average molecular weight is 260 g/mol. The number of hydrogen-bond acceptors (Lipinski definition) is 2. The van der Waals surface area contributed by atoms with Crippen LogP contribution in [0.25, 0.3) is 0 Å². The van der Waals surface area contributed by atoms with Crippen molar-refractivity contribution in [2.45, 2.75) is 39.5 Å². The molecule has 2 heteroatoms. The molecule has 0 N–H and O–H groups in total. The smallest absolute Gasteiger partial charge is 0.0729 e. The molecule has 1 aliphatic heterocycles. The second-order valence-electron chi connectivity index (χ2n) is 5.31. The average Bonchev–Trinajstić information content (AvgIpc) is 3.00. The second kappa shape index (κ2) is 5.00. The van der Waals surface area contributed by atoms with E-state index < -0.39 is 0 Å². The molecule has 1 heterocycles. The SMILES string of the molecule is [2H]C1SC(C2CCCC2)=C(C)N1c1ccccc1C. The third-order valence-electron chi connectivity index (χ3n) is 4.10. The van der Waals surface area contributed by atoms with Gasteiger partial charge in [0.05, 0.1) is 7.22 Å². The normalized spacial score (nSPS) is 26.0. The Bertz CT molecular complexity index is 505. The maximum Gasteiger partial charge on any atom is 0.0729 e. The van der Waals surface area contributed by atoms with Crippen LogP contribution in [0.5, 0.6) is 0 Å². The van der Waals surface area contributed by atoms with Gasteiger partial charge in [-0.25, -0.2) is 0 Å². The number of nitrogens with zero attached hydrogens (tertiary/aromatic N) is 1. The van der Waals surface area contributed by atoms with Crippen LogP contribution in [0, 0.1) is 12.8 Å². The van der Waals surface area contributed by atoms with Crippen molar-refractivity contribution < 1.29 is 1.37 Å². The predicted molar refractivity (Wildman–Crippen MR) is 80.8 cm³/mol. The molecule has 1 aliphatic carbocycles. The van der Waals surface area contributed by atoms with Gasteiger partial charge in [0, 0.05) is 16.3 Å². The molecule has 0 radical (unpaired) electrons. The zero-order valence-corrected chi connectivity index (χ0v) is 12.0. The highest BCUT2D eigenvalue weighted by Gasteiger charge is 2.29. The molecule has 0 saturated heterocycles. The lowest BCUT2D eigenvalue weighted by molar-refractivity contribution is 0.669. The summed E-state index contributed by atoms with van der Waals surface area (Å²) < 4.78 is 8.40. The lowest BCUT2D eigenvalue weighted by atomic mass is 10.1. The van der Waals surface area contributed by atoms with Crippen LogP contribution in [0.15, 0.2) is 34.9 Å². The van der Waals surface area contributed by atoms with Gasteiger partial charge in [-0.2, -0.15) is 0 Å². The van der Waals surface area contributed by atoms with Crippen molar-refractivity contribution in [2.24, 2.45) is 5.92 Å². The van der Waals surface area contributed by atoms with Crippen LogP contribution < -0.4 is 4.90 Å². The van der Waals surface area contributed by atoms with E-state index in [4.69, 9.17) is 1.37 Å². The maximum atomic E-state index is 8.40. The molecule has 1 aromatic carbocycles. The molecule has 1 unspecified atom stereocenters. The van der Waals surface area contributed by atoms with Gasteiger partial charge in [-0.05, 0) is 44.2 Å². The van der Waals surface area contributed by atoms with Crippen molar-refractivity contribution in [3.8, 4) is 0 Å². The Morgan fingerprint density at radius 1 is 1.22 bits per heavy atom. The first kappa shape index (κ1) is 11.0. The Balaban J connectivity index is 1.95. The molecule has 3 rings (SSSR count). The van der Waals surface area contributed by atoms with Crippen molar-refractivity contribution in [1.29, 1.82) is 0 Å². The fourth-order valence-electron chi connectivity index (χ4n) is 3.04. The molecule has 0 amide bonds. The highest BCUT2D eigenvalue weighted by molar-refractivity contribution is 8.03. The van der Waals surface area contributed by atoms with Crippen LogP contribution in [-0.4, -0.2) is 5.85 Å².